The third-order valence-corrected chi connectivity index (χ3v) is 10.5. The number of thiophene rings is 1. The lowest BCUT2D eigenvalue weighted by Gasteiger charge is -2.25. The normalized spacial score (nSPS) is 14.5. The molecule has 1 aromatic heterocycles. The number of benzene rings is 4. The van der Waals surface area contributed by atoms with Gasteiger partial charge in [0.05, 0.1) is 7.11 Å². The minimum Gasteiger partial charge on any atom is -0.496 e. The summed E-state index contributed by atoms with van der Waals surface area (Å²) in [6, 6.07) is 30.6. The van der Waals surface area contributed by atoms with Crippen molar-refractivity contribution in [1.29, 1.82) is 0 Å². The maximum atomic E-state index is 13.0. The number of hydrogen-bond donors (Lipinski definition) is 3. The van der Waals surface area contributed by atoms with E-state index in [2.05, 4.69) is 52.7 Å². The lowest BCUT2D eigenvalue weighted by Crippen LogP contribution is -2.41. The van der Waals surface area contributed by atoms with Gasteiger partial charge >= 0.3 is 5.97 Å². The van der Waals surface area contributed by atoms with Gasteiger partial charge in [-0.1, -0.05) is 54.6 Å². The topological polar surface area (TPSA) is 123 Å². The highest BCUT2D eigenvalue weighted by molar-refractivity contribution is 7.22. The lowest BCUT2D eigenvalue weighted by molar-refractivity contribution is -0.165. The number of carbonyl (C=O) groups excluding carboxylic acids is 2. The number of likely N-dealkylation sites (tertiary alicyclic amines) is 1. The SMILES string of the molecule is COc1cc(Cc2c(-c3ccc(NC(=O)CC(C(=O)OC(C)(C)C)C(N)O)cc3)sc3cc(OCc4ccccc4)ccc23)ccc1CN1CCCC1. The molecule has 0 aliphatic carbocycles. The van der Waals surface area contributed by atoms with Crippen molar-refractivity contribution in [2.75, 3.05) is 25.5 Å². The quantitative estimate of drug-likeness (QED) is 0.0777. The van der Waals surface area contributed by atoms with Crippen molar-refractivity contribution in [3.63, 3.8) is 0 Å². The van der Waals surface area contributed by atoms with Crippen LogP contribution in [-0.4, -0.2) is 53.9 Å². The van der Waals surface area contributed by atoms with Gasteiger partial charge < -0.3 is 30.4 Å². The Bertz CT molecular complexity index is 2010. The number of rotatable bonds is 14. The first kappa shape index (κ1) is 38.0. The van der Waals surface area contributed by atoms with Crippen molar-refractivity contribution >= 4 is 39.0 Å². The van der Waals surface area contributed by atoms with Gasteiger partial charge in [-0.3, -0.25) is 14.5 Å². The van der Waals surface area contributed by atoms with Gasteiger partial charge in [-0.15, -0.1) is 11.3 Å². The summed E-state index contributed by atoms with van der Waals surface area (Å²) in [6.07, 6.45) is 1.34. The van der Waals surface area contributed by atoms with Crippen LogP contribution in [0.5, 0.6) is 11.5 Å². The third-order valence-electron chi connectivity index (χ3n) is 9.30. The van der Waals surface area contributed by atoms with E-state index in [-0.39, 0.29) is 6.42 Å². The molecular weight excluding hydrogens is 687 g/mol. The molecular formula is C43H49N3O6S. The van der Waals surface area contributed by atoms with Gasteiger partial charge in [-0.05, 0) is 117 Å². The highest BCUT2D eigenvalue weighted by atomic mass is 32.1. The number of carbonyl (C=O) groups is 2. The summed E-state index contributed by atoms with van der Waals surface area (Å²) < 4.78 is 18.6. The van der Waals surface area contributed by atoms with Gasteiger partial charge in [0, 0.05) is 33.8 Å². The number of methoxy groups -OCH3 is 1. The van der Waals surface area contributed by atoms with E-state index >= 15 is 0 Å². The van der Waals surface area contributed by atoms with Crippen molar-refractivity contribution in [3.05, 3.63) is 113 Å². The minimum atomic E-state index is -1.53. The fourth-order valence-electron chi connectivity index (χ4n) is 6.62. The molecule has 6 rings (SSSR count). The molecule has 4 aromatic carbocycles. The molecule has 0 saturated carbocycles. The smallest absolute Gasteiger partial charge is 0.314 e. The molecule has 0 radical (unpaired) electrons. The molecule has 278 valence electrons. The molecule has 9 nitrogen and oxygen atoms in total. The van der Waals surface area contributed by atoms with Gasteiger partial charge in [0.25, 0.3) is 0 Å². The summed E-state index contributed by atoms with van der Waals surface area (Å²) in [6.45, 7) is 8.77. The summed E-state index contributed by atoms with van der Waals surface area (Å²) in [5.74, 6) is -0.653. The van der Waals surface area contributed by atoms with Crippen molar-refractivity contribution in [2.45, 2.75) is 71.4 Å². The predicted octanol–water partition coefficient (Wildman–Crippen LogP) is 7.91. The molecule has 0 spiro atoms. The highest BCUT2D eigenvalue weighted by Crippen LogP contribution is 2.42. The molecule has 1 amide bonds. The Morgan fingerprint density at radius 3 is 2.36 bits per heavy atom. The maximum absolute atomic E-state index is 13.0. The summed E-state index contributed by atoms with van der Waals surface area (Å²) in [5, 5.41) is 14.0. The number of amides is 1. The van der Waals surface area contributed by atoms with Gasteiger partial charge in [0.1, 0.15) is 35.9 Å². The summed E-state index contributed by atoms with van der Waals surface area (Å²) in [4.78, 5) is 29.2. The van der Waals surface area contributed by atoms with E-state index < -0.39 is 29.6 Å². The van der Waals surface area contributed by atoms with Crippen LogP contribution in [0.25, 0.3) is 20.5 Å². The van der Waals surface area contributed by atoms with Crippen LogP contribution in [0, 0.1) is 5.92 Å². The molecule has 2 atom stereocenters. The van der Waals surface area contributed by atoms with Crippen LogP contribution >= 0.6 is 11.3 Å². The monoisotopic (exact) mass is 735 g/mol. The van der Waals surface area contributed by atoms with Gasteiger partial charge in [-0.25, -0.2) is 0 Å². The maximum Gasteiger partial charge on any atom is 0.314 e. The predicted molar refractivity (Wildman–Crippen MR) is 211 cm³/mol. The van der Waals surface area contributed by atoms with Gasteiger partial charge in [-0.2, -0.15) is 0 Å². The molecule has 10 heteroatoms. The summed E-state index contributed by atoms with van der Waals surface area (Å²) >= 11 is 1.71. The van der Waals surface area contributed by atoms with E-state index in [9.17, 15) is 14.7 Å². The standard InChI is InChI=1S/C43H49N3O6S/c1-43(2,3)52-42(49)36(41(44)48)25-39(47)45-32-16-14-30(15-17-32)40-35(22-29-12-13-31(37(23-29)50-4)26-46-20-8-9-21-46)34-19-18-33(24-38(34)53-40)51-27-28-10-6-5-7-11-28/h5-7,10-19,23-24,36,41,48H,8-9,20-22,25-27,44H2,1-4H3,(H,45,47). The van der Waals surface area contributed by atoms with E-state index in [1.807, 2.05) is 48.5 Å². The molecule has 1 fully saturated rings. The fourth-order valence-corrected chi connectivity index (χ4v) is 7.88. The van der Waals surface area contributed by atoms with Crippen LogP contribution in [0.3, 0.4) is 0 Å². The number of nitrogens with zero attached hydrogens (tertiary/aromatic N) is 1. The molecule has 1 aliphatic heterocycles. The average Bonchev–Trinajstić information content (AvgIpc) is 3.78. The Balaban J connectivity index is 1.25. The van der Waals surface area contributed by atoms with Crippen LogP contribution in [0.2, 0.25) is 0 Å². The Kier molecular flexibility index (Phi) is 12.1. The van der Waals surface area contributed by atoms with E-state index in [1.54, 1.807) is 39.2 Å². The summed E-state index contributed by atoms with van der Waals surface area (Å²) in [5.41, 5.74) is 11.1. The number of aliphatic hydroxyl groups excluding tert-OH is 1. The first-order valence-electron chi connectivity index (χ1n) is 18.1. The molecule has 1 aliphatic rings. The second kappa shape index (κ2) is 16.9. The minimum absolute atomic E-state index is 0.316. The molecule has 2 unspecified atom stereocenters. The Hall–Kier alpha value is -4.74. The van der Waals surface area contributed by atoms with E-state index in [1.165, 1.54) is 24.0 Å². The molecule has 1 saturated heterocycles. The van der Waals surface area contributed by atoms with Crippen LogP contribution in [0.15, 0.2) is 91.0 Å². The van der Waals surface area contributed by atoms with E-state index in [0.717, 1.165) is 62.8 Å². The number of aliphatic hydroxyl groups is 1. The van der Waals surface area contributed by atoms with Crippen molar-refractivity contribution < 1.29 is 28.9 Å². The van der Waals surface area contributed by atoms with Crippen LogP contribution < -0.4 is 20.5 Å². The Morgan fingerprint density at radius 1 is 0.943 bits per heavy atom. The van der Waals surface area contributed by atoms with E-state index in [0.29, 0.717) is 18.7 Å². The average molecular weight is 736 g/mol. The second-order valence-corrected chi connectivity index (χ2v) is 15.7. The van der Waals surface area contributed by atoms with E-state index in [4.69, 9.17) is 19.9 Å². The highest BCUT2D eigenvalue weighted by Gasteiger charge is 2.31. The number of nitrogens with one attached hydrogen (secondary N) is 1. The number of anilines is 1. The van der Waals surface area contributed by atoms with Crippen LogP contribution in [0.4, 0.5) is 5.69 Å². The van der Waals surface area contributed by atoms with Crippen LogP contribution in [-0.2, 0) is 33.9 Å². The molecule has 4 N–H and O–H groups in total. The Labute approximate surface area is 315 Å². The molecule has 2 heterocycles. The van der Waals surface area contributed by atoms with Crippen molar-refractivity contribution in [2.24, 2.45) is 11.7 Å². The van der Waals surface area contributed by atoms with Crippen LogP contribution in [0.1, 0.15) is 62.3 Å². The number of ether oxygens (including phenoxy) is 3. The zero-order valence-electron chi connectivity index (χ0n) is 30.9. The summed E-state index contributed by atoms with van der Waals surface area (Å²) in [7, 11) is 1.74. The molecule has 5 aromatic rings. The number of nitrogens with two attached hydrogens (primary N) is 1. The van der Waals surface area contributed by atoms with Crippen molar-refractivity contribution in [1.82, 2.24) is 4.90 Å². The fraction of sp³-hybridized carbons (Fsp3) is 0.349. The third kappa shape index (κ3) is 10.0. The van der Waals surface area contributed by atoms with Crippen molar-refractivity contribution in [3.8, 4) is 21.9 Å². The first-order valence-corrected chi connectivity index (χ1v) is 18.9. The zero-order valence-corrected chi connectivity index (χ0v) is 31.7. The number of fused-ring (bicyclic) bond motifs is 1. The number of hydrogen-bond acceptors (Lipinski definition) is 9. The van der Waals surface area contributed by atoms with Gasteiger partial charge in [0.15, 0.2) is 0 Å². The van der Waals surface area contributed by atoms with Gasteiger partial charge in [0.2, 0.25) is 5.91 Å². The molecule has 0 bridgehead atoms. The molecule has 53 heavy (non-hydrogen) atoms. The second-order valence-electron chi connectivity index (χ2n) is 14.6. The first-order chi connectivity index (χ1) is 25.5. The number of esters is 1. The Morgan fingerprint density at radius 2 is 1.68 bits per heavy atom. The zero-order chi connectivity index (χ0) is 37.5. The lowest BCUT2D eigenvalue weighted by atomic mass is 9.97. The largest absolute Gasteiger partial charge is 0.496 e.